The number of benzene rings is 4. The molecule has 1 aliphatic rings. The van der Waals surface area contributed by atoms with E-state index in [2.05, 4.69) is 45.0 Å². The van der Waals surface area contributed by atoms with Crippen molar-refractivity contribution in [2.75, 3.05) is 11.9 Å². The second-order valence-electron chi connectivity index (χ2n) is 9.46. The summed E-state index contributed by atoms with van der Waals surface area (Å²) in [5.41, 5.74) is 10.0. The predicted molar refractivity (Wildman–Crippen MR) is 151 cm³/mol. The number of carbonyl (C=O) groups excluding carboxylic acids is 2. The van der Waals surface area contributed by atoms with Crippen molar-refractivity contribution >= 4 is 23.2 Å². The van der Waals surface area contributed by atoms with Gasteiger partial charge in [0, 0.05) is 36.4 Å². The Hall–Kier alpha value is -4.55. The Bertz CT molecular complexity index is 1450. The molecular formula is C32H30N4O2. The summed E-state index contributed by atoms with van der Waals surface area (Å²) in [6.07, 6.45) is 1.07. The second kappa shape index (κ2) is 11.7. The fourth-order valence-corrected chi connectivity index (χ4v) is 4.56. The number of hydrazone groups is 1. The first-order valence-corrected chi connectivity index (χ1v) is 12.7. The highest BCUT2D eigenvalue weighted by Gasteiger charge is 2.16. The van der Waals surface area contributed by atoms with Gasteiger partial charge >= 0.3 is 0 Å². The van der Waals surface area contributed by atoms with E-state index in [0.29, 0.717) is 22.5 Å². The van der Waals surface area contributed by atoms with Crippen molar-refractivity contribution in [2.24, 2.45) is 5.10 Å². The Labute approximate surface area is 223 Å². The molecule has 0 aliphatic carbocycles. The van der Waals surface area contributed by atoms with Crippen molar-refractivity contribution in [1.82, 2.24) is 10.3 Å². The molecule has 0 saturated carbocycles. The molecule has 0 fully saturated rings. The van der Waals surface area contributed by atoms with E-state index in [0.717, 1.165) is 31.6 Å². The van der Waals surface area contributed by atoms with Crippen LogP contribution in [0.15, 0.2) is 108 Å². The third kappa shape index (κ3) is 6.22. The van der Waals surface area contributed by atoms with Gasteiger partial charge in [-0.15, -0.1) is 0 Å². The maximum Gasteiger partial charge on any atom is 0.271 e. The van der Waals surface area contributed by atoms with Gasteiger partial charge in [-0.3, -0.25) is 14.5 Å². The van der Waals surface area contributed by atoms with Crippen molar-refractivity contribution in [3.63, 3.8) is 0 Å². The predicted octanol–water partition coefficient (Wildman–Crippen LogP) is 5.65. The van der Waals surface area contributed by atoms with Crippen LogP contribution in [0.3, 0.4) is 0 Å². The first kappa shape index (κ1) is 25.1. The van der Waals surface area contributed by atoms with Gasteiger partial charge < -0.3 is 5.32 Å². The molecule has 1 heterocycles. The normalized spacial score (nSPS) is 13.4. The van der Waals surface area contributed by atoms with Gasteiger partial charge in [0.15, 0.2) is 0 Å². The highest BCUT2D eigenvalue weighted by molar-refractivity contribution is 6.05. The van der Waals surface area contributed by atoms with Crippen LogP contribution < -0.4 is 10.7 Å². The first-order chi connectivity index (χ1) is 18.5. The third-order valence-electron chi connectivity index (χ3n) is 6.75. The minimum absolute atomic E-state index is 0.164. The van der Waals surface area contributed by atoms with Crippen LogP contribution in [0.5, 0.6) is 0 Å². The molecule has 0 saturated heterocycles. The Balaban J connectivity index is 1.13. The number of hydrogen-bond acceptors (Lipinski definition) is 4. The van der Waals surface area contributed by atoms with E-state index >= 15 is 0 Å². The highest BCUT2D eigenvalue weighted by atomic mass is 16.2. The lowest BCUT2D eigenvalue weighted by atomic mass is 9.99. The van der Waals surface area contributed by atoms with Crippen molar-refractivity contribution in [1.29, 1.82) is 0 Å². The highest BCUT2D eigenvalue weighted by Crippen LogP contribution is 2.20. The van der Waals surface area contributed by atoms with Crippen LogP contribution in [0.25, 0.3) is 0 Å². The molecule has 2 amide bonds. The lowest BCUT2D eigenvalue weighted by molar-refractivity contribution is 0.0954. The molecule has 0 unspecified atom stereocenters. The van der Waals surface area contributed by atoms with Crippen molar-refractivity contribution in [3.05, 3.63) is 137 Å². The largest absolute Gasteiger partial charge is 0.322 e. The van der Waals surface area contributed by atoms with E-state index in [9.17, 15) is 9.59 Å². The van der Waals surface area contributed by atoms with E-state index in [1.54, 1.807) is 12.1 Å². The minimum atomic E-state index is -0.255. The molecular weight excluding hydrogens is 472 g/mol. The molecule has 0 radical (unpaired) electrons. The minimum Gasteiger partial charge on any atom is -0.322 e. The quantitative estimate of drug-likeness (QED) is 0.253. The van der Waals surface area contributed by atoms with Crippen molar-refractivity contribution < 1.29 is 9.59 Å². The number of anilines is 1. The smallest absolute Gasteiger partial charge is 0.271 e. The molecule has 0 bridgehead atoms. The Morgan fingerprint density at radius 2 is 1.37 bits per heavy atom. The SMILES string of the molecule is C/C(=N\NC(=O)c1ccc(CN2CCc3ccccc3C2)cc1)c1ccc(NC(=O)c2ccccc2)cc1. The van der Waals surface area contributed by atoms with E-state index in [-0.39, 0.29) is 11.8 Å². The zero-order valence-electron chi connectivity index (χ0n) is 21.4. The number of amides is 2. The first-order valence-electron chi connectivity index (χ1n) is 12.7. The molecule has 5 rings (SSSR count). The average molecular weight is 503 g/mol. The molecule has 6 nitrogen and oxygen atoms in total. The third-order valence-corrected chi connectivity index (χ3v) is 6.75. The number of nitrogens with one attached hydrogen (secondary N) is 2. The molecule has 190 valence electrons. The van der Waals surface area contributed by atoms with Gasteiger partial charge in [-0.05, 0) is 72.0 Å². The van der Waals surface area contributed by atoms with Crippen molar-refractivity contribution in [3.8, 4) is 0 Å². The van der Waals surface area contributed by atoms with Crippen LogP contribution in [0.1, 0.15) is 49.9 Å². The van der Waals surface area contributed by atoms with Crippen LogP contribution >= 0.6 is 0 Å². The Kier molecular flexibility index (Phi) is 7.71. The Morgan fingerprint density at radius 3 is 2.11 bits per heavy atom. The summed E-state index contributed by atoms with van der Waals surface area (Å²) in [7, 11) is 0. The van der Waals surface area contributed by atoms with E-state index in [4.69, 9.17) is 0 Å². The van der Waals surface area contributed by atoms with Gasteiger partial charge in [-0.2, -0.15) is 5.10 Å². The molecule has 2 N–H and O–H groups in total. The zero-order valence-corrected chi connectivity index (χ0v) is 21.4. The zero-order chi connectivity index (χ0) is 26.3. The van der Waals surface area contributed by atoms with Crippen LogP contribution in [0, 0.1) is 0 Å². The summed E-state index contributed by atoms with van der Waals surface area (Å²) in [6.45, 7) is 4.67. The van der Waals surface area contributed by atoms with Crippen molar-refractivity contribution in [2.45, 2.75) is 26.4 Å². The second-order valence-corrected chi connectivity index (χ2v) is 9.46. The summed E-state index contributed by atoms with van der Waals surface area (Å²) in [6, 6.07) is 32.7. The summed E-state index contributed by atoms with van der Waals surface area (Å²) in [5.74, 6) is -0.419. The molecule has 4 aromatic carbocycles. The molecule has 6 heteroatoms. The van der Waals surface area contributed by atoms with E-state index < -0.39 is 0 Å². The van der Waals surface area contributed by atoms with Crippen LogP contribution in [-0.2, 0) is 19.5 Å². The number of nitrogens with zero attached hydrogens (tertiary/aromatic N) is 2. The summed E-state index contributed by atoms with van der Waals surface area (Å²) in [4.78, 5) is 27.4. The maximum atomic E-state index is 12.7. The number of hydrogen-bond donors (Lipinski definition) is 2. The summed E-state index contributed by atoms with van der Waals surface area (Å²) in [5, 5.41) is 7.15. The van der Waals surface area contributed by atoms with E-state index in [1.165, 1.54) is 16.7 Å². The van der Waals surface area contributed by atoms with Gasteiger partial charge in [0.2, 0.25) is 0 Å². The molecule has 0 aromatic heterocycles. The molecule has 0 spiro atoms. The standard InChI is InChI=1S/C32H30N4O2/c1-23(25-15-17-30(18-16-25)33-31(37)27-8-3-2-4-9-27)34-35-32(38)28-13-11-24(12-14-28)21-36-20-19-26-7-5-6-10-29(26)22-36/h2-18H,19-22H2,1H3,(H,33,37)(H,35,38)/b34-23+. The van der Waals surface area contributed by atoms with Gasteiger partial charge in [0.05, 0.1) is 5.71 Å². The average Bonchev–Trinajstić information content (AvgIpc) is 2.97. The summed E-state index contributed by atoms with van der Waals surface area (Å²) < 4.78 is 0. The lowest BCUT2D eigenvalue weighted by Gasteiger charge is -2.28. The number of fused-ring (bicyclic) bond motifs is 1. The van der Waals surface area contributed by atoms with E-state index in [1.807, 2.05) is 73.7 Å². The van der Waals surface area contributed by atoms with Crippen LogP contribution in [-0.4, -0.2) is 29.0 Å². The number of rotatable bonds is 7. The Morgan fingerprint density at radius 1 is 0.737 bits per heavy atom. The van der Waals surface area contributed by atoms with Gasteiger partial charge in [0.1, 0.15) is 0 Å². The number of carbonyl (C=O) groups is 2. The lowest BCUT2D eigenvalue weighted by Crippen LogP contribution is -2.30. The maximum absolute atomic E-state index is 12.7. The molecule has 0 atom stereocenters. The van der Waals surface area contributed by atoms with Crippen LogP contribution in [0.2, 0.25) is 0 Å². The van der Waals surface area contributed by atoms with Gasteiger partial charge in [0.25, 0.3) is 11.8 Å². The fourth-order valence-electron chi connectivity index (χ4n) is 4.56. The fraction of sp³-hybridized carbons (Fsp3) is 0.156. The molecule has 4 aromatic rings. The molecule has 38 heavy (non-hydrogen) atoms. The van der Waals surface area contributed by atoms with Gasteiger partial charge in [-0.25, -0.2) is 5.43 Å². The van der Waals surface area contributed by atoms with Crippen LogP contribution in [0.4, 0.5) is 5.69 Å². The summed E-state index contributed by atoms with van der Waals surface area (Å²) >= 11 is 0. The monoisotopic (exact) mass is 502 g/mol. The topological polar surface area (TPSA) is 73.8 Å². The van der Waals surface area contributed by atoms with Gasteiger partial charge in [-0.1, -0.05) is 66.7 Å². The molecule has 1 aliphatic heterocycles.